The van der Waals surface area contributed by atoms with Gasteiger partial charge in [0.25, 0.3) is 5.91 Å². The fraction of sp³-hybridized carbons (Fsp3) is 0. The van der Waals surface area contributed by atoms with Crippen molar-refractivity contribution in [1.82, 2.24) is 0 Å². The first-order valence-corrected chi connectivity index (χ1v) is 9.70. The first-order chi connectivity index (χ1) is 14.1. The van der Waals surface area contributed by atoms with Crippen LogP contribution in [0.2, 0.25) is 0 Å². The lowest BCUT2D eigenvalue weighted by molar-refractivity contribution is -0.112. The van der Waals surface area contributed by atoms with Crippen LogP contribution in [0.4, 0.5) is 5.69 Å². The molecule has 140 valence electrons. The molecular formula is C24H15BrN2O2. The normalized spacial score (nSPS) is 11.2. The molecule has 4 aromatic rings. The van der Waals surface area contributed by atoms with Crippen molar-refractivity contribution in [1.29, 1.82) is 5.26 Å². The summed E-state index contributed by atoms with van der Waals surface area (Å²) in [6.07, 6.45) is 1.45. The Labute approximate surface area is 176 Å². The van der Waals surface area contributed by atoms with E-state index in [-0.39, 0.29) is 5.57 Å². The van der Waals surface area contributed by atoms with Crippen molar-refractivity contribution in [2.45, 2.75) is 0 Å². The van der Waals surface area contributed by atoms with Crippen molar-refractivity contribution in [3.05, 3.63) is 94.7 Å². The number of amides is 1. The number of hydrogen-bond donors (Lipinski definition) is 1. The Bertz CT molecular complexity index is 1260. The Morgan fingerprint density at radius 2 is 1.72 bits per heavy atom. The predicted octanol–water partition coefficient (Wildman–Crippen LogP) is 6.41. The molecule has 1 N–H and O–H groups in total. The molecule has 0 spiro atoms. The van der Waals surface area contributed by atoms with Gasteiger partial charge in [-0.3, -0.25) is 4.79 Å². The van der Waals surface area contributed by atoms with Gasteiger partial charge in [0, 0.05) is 27.2 Å². The third-order valence-electron chi connectivity index (χ3n) is 4.45. The molecule has 4 nitrogen and oxygen atoms in total. The van der Waals surface area contributed by atoms with Crippen LogP contribution >= 0.6 is 15.9 Å². The standard InChI is InChI=1S/C24H15BrN2O2/c25-19-10-8-17(9-11-19)23-13-12-20(29-23)14-18(15-26)24(28)27-22-7-3-5-16-4-1-2-6-21(16)22/h1-14H,(H,27,28)/b18-14+. The highest BCUT2D eigenvalue weighted by molar-refractivity contribution is 9.10. The van der Waals surface area contributed by atoms with E-state index >= 15 is 0 Å². The summed E-state index contributed by atoms with van der Waals surface area (Å²) in [6.45, 7) is 0. The van der Waals surface area contributed by atoms with Crippen LogP contribution in [-0.2, 0) is 4.79 Å². The zero-order valence-electron chi connectivity index (χ0n) is 15.2. The third kappa shape index (κ3) is 4.13. The number of nitriles is 1. The molecule has 0 aliphatic rings. The second-order valence-corrected chi connectivity index (χ2v) is 7.28. The number of rotatable bonds is 4. The van der Waals surface area contributed by atoms with Gasteiger partial charge in [0.15, 0.2) is 0 Å². The van der Waals surface area contributed by atoms with Crippen molar-refractivity contribution in [2.75, 3.05) is 5.32 Å². The van der Waals surface area contributed by atoms with Crippen molar-refractivity contribution in [2.24, 2.45) is 0 Å². The molecule has 0 aliphatic carbocycles. The summed E-state index contributed by atoms with van der Waals surface area (Å²) in [6, 6.07) is 26.6. The van der Waals surface area contributed by atoms with E-state index in [1.807, 2.05) is 78.9 Å². The summed E-state index contributed by atoms with van der Waals surface area (Å²) in [5, 5.41) is 14.2. The van der Waals surface area contributed by atoms with E-state index in [1.165, 1.54) is 6.08 Å². The first-order valence-electron chi connectivity index (χ1n) is 8.91. The second kappa shape index (κ2) is 8.17. The molecule has 1 aromatic heterocycles. The van der Waals surface area contributed by atoms with Crippen LogP contribution < -0.4 is 5.32 Å². The zero-order chi connectivity index (χ0) is 20.2. The second-order valence-electron chi connectivity index (χ2n) is 6.36. The summed E-state index contributed by atoms with van der Waals surface area (Å²) in [5.41, 5.74) is 1.53. The molecule has 29 heavy (non-hydrogen) atoms. The van der Waals surface area contributed by atoms with Crippen LogP contribution in [0.5, 0.6) is 0 Å². The van der Waals surface area contributed by atoms with Crippen LogP contribution in [0.3, 0.4) is 0 Å². The third-order valence-corrected chi connectivity index (χ3v) is 4.97. The summed E-state index contributed by atoms with van der Waals surface area (Å²) in [5.74, 6) is 0.619. The van der Waals surface area contributed by atoms with Crippen molar-refractivity contribution in [3.8, 4) is 17.4 Å². The van der Waals surface area contributed by atoms with Gasteiger partial charge in [-0.25, -0.2) is 0 Å². The SMILES string of the molecule is N#C/C(=C\c1ccc(-c2ccc(Br)cc2)o1)C(=O)Nc1cccc2ccccc12. The minimum atomic E-state index is -0.481. The number of nitrogens with one attached hydrogen (secondary N) is 1. The maximum Gasteiger partial charge on any atom is 0.266 e. The maximum atomic E-state index is 12.7. The first kappa shape index (κ1) is 18.7. The van der Waals surface area contributed by atoms with Crippen LogP contribution in [0.1, 0.15) is 5.76 Å². The number of hydrogen-bond acceptors (Lipinski definition) is 3. The number of furan rings is 1. The molecule has 0 atom stereocenters. The molecule has 0 saturated heterocycles. The molecular weight excluding hydrogens is 428 g/mol. The molecule has 0 aliphatic heterocycles. The topological polar surface area (TPSA) is 66.0 Å². The van der Waals surface area contributed by atoms with Crippen LogP contribution in [-0.4, -0.2) is 5.91 Å². The molecule has 5 heteroatoms. The number of nitrogens with zero attached hydrogens (tertiary/aromatic N) is 1. The Kier molecular flexibility index (Phi) is 5.28. The highest BCUT2D eigenvalue weighted by atomic mass is 79.9. The fourth-order valence-electron chi connectivity index (χ4n) is 3.01. The van der Waals surface area contributed by atoms with Gasteiger partial charge >= 0.3 is 0 Å². The van der Waals surface area contributed by atoms with E-state index < -0.39 is 5.91 Å². The van der Waals surface area contributed by atoms with Crippen molar-refractivity contribution < 1.29 is 9.21 Å². The van der Waals surface area contributed by atoms with E-state index in [4.69, 9.17) is 4.42 Å². The predicted molar refractivity (Wildman–Crippen MR) is 118 cm³/mol. The number of anilines is 1. The number of carbonyl (C=O) groups excluding carboxylic acids is 1. The van der Waals surface area contributed by atoms with Gasteiger partial charge < -0.3 is 9.73 Å². The highest BCUT2D eigenvalue weighted by Crippen LogP contribution is 2.26. The monoisotopic (exact) mass is 442 g/mol. The molecule has 0 radical (unpaired) electrons. The Morgan fingerprint density at radius 1 is 0.966 bits per heavy atom. The van der Waals surface area contributed by atoms with Gasteiger partial charge in [-0.05, 0) is 35.7 Å². The number of fused-ring (bicyclic) bond motifs is 1. The zero-order valence-corrected chi connectivity index (χ0v) is 16.8. The lowest BCUT2D eigenvalue weighted by Crippen LogP contribution is -2.13. The van der Waals surface area contributed by atoms with Crippen LogP contribution in [0.25, 0.3) is 28.2 Å². The molecule has 1 heterocycles. The molecule has 4 rings (SSSR count). The van der Waals surface area contributed by atoms with E-state index in [1.54, 1.807) is 6.07 Å². The number of carbonyl (C=O) groups is 1. The Hall–Kier alpha value is -3.62. The Balaban J connectivity index is 1.58. The van der Waals surface area contributed by atoms with E-state index in [9.17, 15) is 10.1 Å². The summed E-state index contributed by atoms with van der Waals surface area (Å²) in [4.78, 5) is 12.7. The number of halogens is 1. The fourth-order valence-corrected chi connectivity index (χ4v) is 3.28. The molecule has 0 fully saturated rings. The average Bonchev–Trinajstić information content (AvgIpc) is 3.21. The van der Waals surface area contributed by atoms with E-state index in [0.29, 0.717) is 17.2 Å². The summed E-state index contributed by atoms with van der Waals surface area (Å²) >= 11 is 3.40. The molecule has 3 aromatic carbocycles. The van der Waals surface area contributed by atoms with Crippen molar-refractivity contribution in [3.63, 3.8) is 0 Å². The highest BCUT2D eigenvalue weighted by Gasteiger charge is 2.13. The average molecular weight is 443 g/mol. The van der Waals surface area contributed by atoms with Gasteiger partial charge in [-0.1, -0.05) is 64.5 Å². The number of benzene rings is 3. The maximum absolute atomic E-state index is 12.7. The van der Waals surface area contributed by atoms with E-state index in [2.05, 4.69) is 21.2 Å². The largest absolute Gasteiger partial charge is 0.457 e. The van der Waals surface area contributed by atoms with Gasteiger partial charge in [0.05, 0.1) is 0 Å². The quantitative estimate of drug-likeness (QED) is 0.293. The minimum Gasteiger partial charge on any atom is -0.457 e. The molecule has 0 unspecified atom stereocenters. The lowest BCUT2D eigenvalue weighted by atomic mass is 10.1. The smallest absolute Gasteiger partial charge is 0.266 e. The van der Waals surface area contributed by atoms with Crippen LogP contribution in [0, 0.1) is 11.3 Å². The van der Waals surface area contributed by atoms with Gasteiger partial charge in [0.1, 0.15) is 23.2 Å². The summed E-state index contributed by atoms with van der Waals surface area (Å²) in [7, 11) is 0. The molecule has 0 bridgehead atoms. The van der Waals surface area contributed by atoms with Gasteiger partial charge in [-0.2, -0.15) is 5.26 Å². The minimum absolute atomic E-state index is 0.0327. The van der Waals surface area contributed by atoms with Crippen molar-refractivity contribution >= 4 is 44.4 Å². The van der Waals surface area contributed by atoms with E-state index in [0.717, 1.165) is 20.8 Å². The van der Waals surface area contributed by atoms with Gasteiger partial charge in [0.2, 0.25) is 0 Å². The van der Waals surface area contributed by atoms with Gasteiger partial charge in [-0.15, -0.1) is 0 Å². The Morgan fingerprint density at radius 3 is 2.52 bits per heavy atom. The summed E-state index contributed by atoms with van der Waals surface area (Å²) < 4.78 is 6.77. The molecule has 0 saturated carbocycles. The van der Waals surface area contributed by atoms with Crippen LogP contribution in [0.15, 0.2) is 93.3 Å². The lowest BCUT2D eigenvalue weighted by Gasteiger charge is -2.08. The molecule has 1 amide bonds.